The van der Waals surface area contributed by atoms with Crippen molar-refractivity contribution in [1.82, 2.24) is 15.2 Å². The Balaban J connectivity index is 1.63. The Labute approximate surface area is 173 Å². The summed E-state index contributed by atoms with van der Waals surface area (Å²) in [6.07, 6.45) is 1.79. The van der Waals surface area contributed by atoms with Gasteiger partial charge in [0.2, 0.25) is 0 Å². The lowest BCUT2D eigenvalue weighted by Crippen LogP contribution is -2.42. The highest BCUT2D eigenvalue weighted by atomic mass is 16.1. The average Bonchev–Trinajstić information content (AvgIpc) is 2.70. The van der Waals surface area contributed by atoms with E-state index >= 15 is 0 Å². The molecule has 5 nitrogen and oxygen atoms in total. The third kappa shape index (κ3) is 5.55. The second-order valence-electron chi connectivity index (χ2n) is 7.80. The molecule has 0 saturated heterocycles. The molecule has 0 aliphatic heterocycles. The summed E-state index contributed by atoms with van der Waals surface area (Å²) in [6.45, 7) is 10.2. The predicted molar refractivity (Wildman–Crippen MR) is 121 cm³/mol. The fourth-order valence-corrected chi connectivity index (χ4v) is 3.57. The van der Waals surface area contributed by atoms with Crippen molar-refractivity contribution in [3.8, 4) is 0 Å². The van der Waals surface area contributed by atoms with Crippen LogP contribution in [0.1, 0.15) is 38.1 Å². The van der Waals surface area contributed by atoms with Crippen LogP contribution in [0.3, 0.4) is 0 Å². The topological polar surface area (TPSA) is 57.3 Å². The van der Waals surface area contributed by atoms with Gasteiger partial charge in [-0.1, -0.05) is 12.1 Å². The summed E-state index contributed by atoms with van der Waals surface area (Å²) in [7, 11) is 0. The van der Waals surface area contributed by atoms with Crippen LogP contribution in [-0.4, -0.2) is 41.0 Å². The molecular weight excluding hydrogens is 360 g/mol. The number of anilines is 2. The van der Waals surface area contributed by atoms with E-state index in [0.717, 1.165) is 28.8 Å². The molecule has 0 radical (unpaired) electrons. The molecule has 1 heterocycles. The summed E-state index contributed by atoms with van der Waals surface area (Å²) in [4.78, 5) is 19.3. The largest absolute Gasteiger partial charge is 0.355 e. The number of fused-ring (bicyclic) bond motifs is 1. The van der Waals surface area contributed by atoms with Gasteiger partial charge in [0, 0.05) is 53.7 Å². The number of nitrogens with zero attached hydrogens (tertiary/aromatic N) is 2. The van der Waals surface area contributed by atoms with Crippen LogP contribution in [0.5, 0.6) is 0 Å². The highest BCUT2D eigenvalue weighted by Crippen LogP contribution is 2.22. The summed E-state index contributed by atoms with van der Waals surface area (Å²) < 4.78 is 0. The van der Waals surface area contributed by atoms with E-state index in [1.165, 1.54) is 0 Å². The zero-order valence-corrected chi connectivity index (χ0v) is 17.6. The van der Waals surface area contributed by atoms with Crippen LogP contribution >= 0.6 is 0 Å². The van der Waals surface area contributed by atoms with Gasteiger partial charge in [-0.15, -0.1) is 0 Å². The van der Waals surface area contributed by atoms with Crippen molar-refractivity contribution < 1.29 is 4.79 Å². The van der Waals surface area contributed by atoms with Crippen LogP contribution in [0.15, 0.2) is 60.8 Å². The summed E-state index contributed by atoms with van der Waals surface area (Å²) in [6, 6.07) is 18.5. The number of carbonyl (C=O) groups is 1. The van der Waals surface area contributed by atoms with Gasteiger partial charge >= 0.3 is 0 Å². The van der Waals surface area contributed by atoms with Gasteiger partial charge < -0.3 is 10.6 Å². The maximum atomic E-state index is 12.6. The highest BCUT2D eigenvalue weighted by Gasteiger charge is 2.13. The van der Waals surface area contributed by atoms with Crippen LogP contribution in [0, 0.1) is 0 Å². The van der Waals surface area contributed by atoms with Crippen molar-refractivity contribution in [2.24, 2.45) is 0 Å². The normalized spacial score (nSPS) is 11.4. The van der Waals surface area contributed by atoms with E-state index in [1.807, 2.05) is 48.5 Å². The maximum Gasteiger partial charge on any atom is 0.251 e. The molecule has 0 aliphatic carbocycles. The van der Waals surface area contributed by atoms with E-state index in [1.54, 1.807) is 6.20 Å². The van der Waals surface area contributed by atoms with Gasteiger partial charge in [-0.25, -0.2) is 0 Å². The molecule has 3 rings (SSSR count). The van der Waals surface area contributed by atoms with Crippen molar-refractivity contribution in [3.05, 3.63) is 66.4 Å². The zero-order chi connectivity index (χ0) is 20.8. The summed E-state index contributed by atoms with van der Waals surface area (Å²) in [5.41, 5.74) is 3.46. The number of hydrogen-bond acceptors (Lipinski definition) is 4. The van der Waals surface area contributed by atoms with Crippen LogP contribution < -0.4 is 10.6 Å². The number of hydrogen-bond donors (Lipinski definition) is 2. The first-order chi connectivity index (χ1) is 13.9. The van der Waals surface area contributed by atoms with Gasteiger partial charge in [-0.05, 0) is 70.2 Å². The third-order valence-electron chi connectivity index (χ3n) is 5.00. The minimum Gasteiger partial charge on any atom is -0.355 e. The molecule has 0 spiro atoms. The van der Waals surface area contributed by atoms with Gasteiger partial charge in [0.15, 0.2) is 0 Å². The number of carbonyl (C=O) groups excluding carboxylic acids is 1. The van der Waals surface area contributed by atoms with Crippen molar-refractivity contribution >= 4 is 28.2 Å². The molecule has 0 fully saturated rings. The monoisotopic (exact) mass is 390 g/mol. The summed E-state index contributed by atoms with van der Waals surface area (Å²) >= 11 is 0. The molecule has 29 heavy (non-hydrogen) atoms. The molecule has 0 unspecified atom stereocenters. The van der Waals surface area contributed by atoms with Crippen LogP contribution in [0.2, 0.25) is 0 Å². The molecular formula is C24H30N4O. The molecule has 1 amide bonds. The molecule has 0 aliphatic rings. The van der Waals surface area contributed by atoms with Crippen LogP contribution in [0.25, 0.3) is 10.9 Å². The molecule has 152 valence electrons. The number of aromatic nitrogens is 1. The van der Waals surface area contributed by atoms with E-state index in [0.29, 0.717) is 24.2 Å². The smallest absolute Gasteiger partial charge is 0.251 e. The zero-order valence-electron chi connectivity index (χ0n) is 17.6. The average molecular weight is 391 g/mol. The van der Waals surface area contributed by atoms with E-state index in [4.69, 9.17) is 0 Å². The lowest BCUT2D eigenvalue weighted by atomic mass is 10.1. The van der Waals surface area contributed by atoms with Gasteiger partial charge in [0.05, 0.1) is 5.52 Å². The predicted octanol–water partition coefficient (Wildman–Crippen LogP) is 4.83. The molecule has 5 heteroatoms. The van der Waals surface area contributed by atoms with E-state index in [2.05, 4.69) is 54.3 Å². The lowest BCUT2D eigenvalue weighted by Gasteiger charge is -2.30. The molecule has 2 aromatic carbocycles. The van der Waals surface area contributed by atoms with E-state index < -0.39 is 0 Å². The summed E-state index contributed by atoms with van der Waals surface area (Å²) in [5.74, 6) is -0.0520. The number of pyridine rings is 1. The van der Waals surface area contributed by atoms with Gasteiger partial charge in [0.1, 0.15) is 0 Å². The maximum absolute atomic E-state index is 12.6. The highest BCUT2D eigenvalue weighted by molar-refractivity contribution is 5.95. The molecule has 0 saturated carbocycles. The Kier molecular flexibility index (Phi) is 6.83. The first kappa shape index (κ1) is 20.8. The first-order valence-electron chi connectivity index (χ1n) is 10.2. The first-order valence-corrected chi connectivity index (χ1v) is 10.2. The van der Waals surface area contributed by atoms with Crippen molar-refractivity contribution in [3.63, 3.8) is 0 Å². The number of nitrogens with one attached hydrogen (secondary N) is 2. The molecule has 3 aromatic rings. The minimum atomic E-state index is -0.0520. The molecule has 1 aromatic heterocycles. The quantitative estimate of drug-likeness (QED) is 0.579. The van der Waals surface area contributed by atoms with E-state index in [-0.39, 0.29) is 5.91 Å². The number of benzene rings is 2. The number of amides is 1. The Morgan fingerprint density at radius 3 is 2.48 bits per heavy atom. The third-order valence-corrected chi connectivity index (χ3v) is 5.00. The number of rotatable bonds is 8. The SMILES string of the molecule is CC(C)N(CCNC(=O)c1cccc(Nc2ccc3ncccc3c2)c1)C(C)C. The van der Waals surface area contributed by atoms with Crippen molar-refractivity contribution in [2.45, 2.75) is 39.8 Å². The van der Waals surface area contributed by atoms with Crippen molar-refractivity contribution in [2.75, 3.05) is 18.4 Å². The Hall–Kier alpha value is -2.92. The molecule has 2 N–H and O–H groups in total. The minimum absolute atomic E-state index is 0.0520. The second-order valence-corrected chi connectivity index (χ2v) is 7.80. The Morgan fingerprint density at radius 1 is 0.966 bits per heavy atom. The van der Waals surface area contributed by atoms with Gasteiger partial charge in [0.25, 0.3) is 5.91 Å². The van der Waals surface area contributed by atoms with Crippen LogP contribution in [-0.2, 0) is 0 Å². The standard InChI is InChI=1S/C24H30N4O/c1-17(2)28(18(3)4)14-13-26-24(29)20-7-5-9-21(16-20)27-22-10-11-23-19(15-22)8-6-12-25-23/h5-12,15-18,27H,13-14H2,1-4H3,(H,26,29). The van der Waals surface area contributed by atoms with Gasteiger partial charge in [-0.3, -0.25) is 14.7 Å². The second kappa shape index (κ2) is 9.52. The Bertz CT molecular complexity index is 960. The van der Waals surface area contributed by atoms with Crippen molar-refractivity contribution in [1.29, 1.82) is 0 Å². The van der Waals surface area contributed by atoms with E-state index in [9.17, 15) is 4.79 Å². The van der Waals surface area contributed by atoms with Crippen LogP contribution in [0.4, 0.5) is 11.4 Å². The molecule has 0 bridgehead atoms. The van der Waals surface area contributed by atoms with Gasteiger partial charge in [-0.2, -0.15) is 0 Å². The lowest BCUT2D eigenvalue weighted by molar-refractivity contribution is 0.0939. The fraction of sp³-hybridized carbons (Fsp3) is 0.333. The Morgan fingerprint density at radius 2 is 1.72 bits per heavy atom. The summed E-state index contributed by atoms with van der Waals surface area (Å²) in [5, 5.41) is 7.49. The fourth-order valence-electron chi connectivity index (χ4n) is 3.57. The molecule has 0 atom stereocenters.